The Labute approximate surface area is 166 Å². The molecular weight excluding hydrogens is 352 g/mol. The second-order valence-electron chi connectivity index (χ2n) is 7.54. The summed E-state index contributed by atoms with van der Waals surface area (Å²) in [6.07, 6.45) is 4.66. The summed E-state index contributed by atoms with van der Waals surface area (Å²) in [6.45, 7) is 7.35. The molecule has 142 valence electrons. The van der Waals surface area contributed by atoms with E-state index >= 15 is 0 Å². The van der Waals surface area contributed by atoms with Crippen molar-refractivity contribution < 1.29 is 4.74 Å². The largest absolute Gasteiger partial charge is 0.494 e. The minimum absolute atomic E-state index is 0.757. The van der Waals surface area contributed by atoms with E-state index in [1.165, 1.54) is 33.8 Å². The minimum atomic E-state index is 0.757. The maximum atomic E-state index is 5.99. The van der Waals surface area contributed by atoms with Crippen LogP contribution in [0.1, 0.15) is 37.3 Å². The highest BCUT2D eigenvalue weighted by Crippen LogP contribution is 2.32. The summed E-state index contributed by atoms with van der Waals surface area (Å²) >= 11 is 1.83. The van der Waals surface area contributed by atoms with Crippen molar-refractivity contribution in [2.75, 3.05) is 24.6 Å². The SMILES string of the molecule is CCc1cccc(OCCC2CCN(c3nc4ccc(C)cc4s3)CC2)c1. The lowest BCUT2D eigenvalue weighted by Crippen LogP contribution is -2.34. The molecule has 1 saturated heterocycles. The van der Waals surface area contributed by atoms with Gasteiger partial charge in [-0.2, -0.15) is 0 Å². The van der Waals surface area contributed by atoms with E-state index in [1.807, 2.05) is 11.3 Å². The fourth-order valence-corrected chi connectivity index (χ4v) is 4.88. The molecule has 0 spiro atoms. The first-order valence-corrected chi connectivity index (χ1v) is 10.9. The van der Waals surface area contributed by atoms with Crippen molar-refractivity contribution in [1.82, 2.24) is 4.98 Å². The third-order valence-corrected chi connectivity index (χ3v) is 6.60. The topological polar surface area (TPSA) is 25.4 Å². The first-order valence-electron chi connectivity index (χ1n) is 10.0. The highest BCUT2D eigenvalue weighted by molar-refractivity contribution is 7.22. The third kappa shape index (κ3) is 4.44. The smallest absolute Gasteiger partial charge is 0.186 e. The van der Waals surface area contributed by atoms with Crippen LogP contribution in [-0.4, -0.2) is 24.7 Å². The van der Waals surface area contributed by atoms with Crippen LogP contribution < -0.4 is 9.64 Å². The number of piperidine rings is 1. The molecule has 0 saturated carbocycles. The second-order valence-corrected chi connectivity index (χ2v) is 8.55. The van der Waals surface area contributed by atoms with Gasteiger partial charge < -0.3 is 9.64 Å². The zero-order valence-electron chi connectivity index (χ0n) is 16.3. The van der Waals surface area contributed by atoms with E-state index in [9.17, 15) is 0 Å². The Morgan fingerprint density at radius 1 is 1.15 bits per heavy atom. The van der Waals surface area contributed by atoms with Crippen LogP contribution in [0.15, 0.2) is 42.5 Å². The lowest BCUT2D eigenvalue weighted by Gasteiger charge is -2.31. The van der Waals surface area contributed by atoms with Gasteiger partial charge in [-0.15, -0.1) is 0 Å². The van der Waals surface area contributed by atoms with Crippen molar-refractivity contribution in [2.24, 2.45) is 5.92 Å². The molecule has 1 aliphatic heterocycles. The molecule has 1 fully saturated rings. The molecule has 27 heavy (non-hydrogen) atoms. The molecule has 0 atom stereocenters. The fourth-order valence-electron chi connectivity index (χ4n) is 3.77. The number of aryl methyl sites for hydroxylation is 2. The predicted molar refractivity (Wildman–Crippen MR) is 115 cm³/mol. The van der Waals surface area contributed by atoms with E-state index in [2.05, 4.69) is 61.2 Å². The number of thiazole rings is 1. The van der Waals surface area contributed by atoms with Gasteiger partial charge in [-0.3, -0.25) is 0 Å². The van der Waals surface area contributed by atoms with Crippen LogP contribution in [0.4, 0.5) is 5.13 Å². The van der Waals surface area contributed by atoms with E-state index in [1.54, 1.807) is 0 Å². The van der Waals surface area contributed by atoms with Crippen molar-refractivity contribution in [1.29, 1.82) is 0 Å². The van der Waals surface area contributed by atoms with Gasteiger partial charge in [0.15, 0.2) is 5.13 Å². The standard InChI is InChI=1S/C23H28N2OS/c1-3-18-5-4-6-20(16-18)26-14-11-19-9-12-25(13-10-19)23-24-21-8-7-17(2)15-22(21)27-23/h4-8,15-16,19H,3,9-14H2,1-2H3. The molecule has 0 N–H and O–H groups in total. The quantitative estimate of drug-likeness (QED) is 0.536. The molecule has 1 aliphatic rings. The Morgan fingerprint density at radius 2 is 2.00 bits per heavy atom. The Bertz CT molecular complexity index is 896. The van der Waals surface area contributed by atoms with E-state index < -0.39 is 0 Å². The Balaban J connectivity index is 1.27. The zero-order chi connectivity index (χ0) is 18.6. The third-order valence-electron chi connectivity index (χ3n) is 5.52. The summed E-state index contributed by atoms with van der Waals surface area (Å²) in [5.74, 6) is 1.77. The number of nitrogens with zero attached hydrogens (tertiary/aromatic N) is 2. The minimum Gasteiger partial charge on any atom is -0.494 e. The highest BCUT2D eigenvalue weighted by atomic mass is 32.1. The van der Waals surface area contributed by atoms with Crippen LogP contribution >= 0.6 is 11.3 Å². The summed E-state index contributed by atoms with van der Waals surface area (Å²) in [7, 11) is 0. The molecule has 0 amide bonds. The molecule has 1 aromatic heterocycles. The summed E-state index contributed by atoms with van der Waals surface area (Å²) < 4.78 is 7.29. The van der Waals surface area contributed by atoms with Crippen LogP contribution in [-0.2, 0) is 6.42 Å². The van der Waals surface area contributed by atoms with Gasteiger partial charge in [0.05, 0.1) is 16.8 Å². The monoisotopic (exact) mass is 380 g/mol. The number of anilines is 1. The van der Waals surface area contributed by atoms with Gasteiger partial charge in [0.2, 0.25) is 0 Å². The van der Waals surface area contributed by atoms with Gasteiger partial charge >= 0.3 is 0 Å². The van der Waals surface area contributed by atoms with Crippen LogP contribution in [0.3, 0.4) is 0 Å². The molecule has 0 radical (unpaired) electrons. The normalized spacial score (nSPS) is 15.4. The molecule has 0 unspecified atom stereocenters. The van der Waals surface area contributed by atoms with E-state index in [0.29, 0.717) is 0 Å². The lowest BCUT2D eigenvalue weighted by atomic mass is 9.94. The summed E-state index contributed by atoms with van der Waals surface area (Å²) in [5, 5.41) is 1.18. The van der Waals surface area contributed by atoms with Gasteiger partial charge in [0.25, 0.3) is 0 Å². The van der Waals surface area contributed by atoms with Gasteiger partial charge in [0.1, 0.15) is 5.75 Å². The van der Waals surface area contributed by atoms with Crippen molar-refractivity contribution in [3.05, 3.63) is 53.6 Å². The van der Waals surface area contributed by atoms with E-state index in [4.69, 9.17) is 9.72 Å². The average molecular weight is 381 g/mol. The molecular formula is C23H28N2OS. The number of rotatable bonds is 6. The number of fused-ring (bicyclic) bond motifs is 1. The fraction of sp³-hybridized carbons (Fsp3) is 0.435. The Kier molecular flexibility index (Phi) is 5.63. The summed E-state index contributed by atoms with van der Waals surface area (Å²) in [5.41, 5.74) is 3.78. The zero-order valence-corrected chi connectivity index (χ0v) is 17.1. The second kappa shape index (κ2) is 8.30. The van der Waals surface area contributed by atoms with Crippen molar-refractivity contribution in [3.63, 3.8) is 0 Å². The molecule has 0 bridgehead atoms. The van der Waals surface area contributed by atoms with Crippen LogP contribution in [0.25, 0.3) is 10.2 Å². The van der Waals surface area contributed by atoms with Gasteiger partial charge in [-0.25, -0.2) is 4.98 Å². The molecule has 4 rings (SSSR count). The first-order chi connectivity index (χ1) is 13.2. The Morgan fingerprint density at radius 3 is 2.81 bits per heavy atom. The molecule has 3 nitrogen and oxygen atoms in total. The summed E-state index contributed by atoms with van der Waals surface area (Å²) in [6, 6.07) is 15.0. The average Bonchev–Trinajstić information content (AvgIpc) is 3.12. The first kappa shape index (κ1) is 18.3. The maximum absolute atomic E-state index is 5.99. The van der Waals surface area contributed by atoms with Crippen LogP contribution in [0.5, 0.6) is 5.75 Å². The highest BCUT2D eigenvalue weighted by Gasteiger charge is 2.21. The van der Waals surface area contributed by atoms with E-state index in [-0.39, 0.29) is 0 Å². The van der Waals surface area contributed by atoms with Crippen LogP contribution in [0, 0.1) is 12.8 Å². The van der Waals surface area contributed by atoms with Gasteiger partial charge in [0, 0.05) is 13.1 Å². The number of ether oxygens (including phenoxy) is 1. The maximum Gasteiger partial charge on any atom is 0.186 e. The number of hydrogen-bond donors (Lipinski definition) is 0. The molecule has 0 aliphatic carbocycles. The van der Waals surface area contributed by atoms with E-state index in [0.717, 1.165) is 49.7 Å². The lowest BCUT2D eigenvalue weighted by molar-refractivity contribution is 0.258. The molecule has 3 aromatic rings. The molecule has 2 aromatic carbocycles. The Hall–Kier alpha value is -2.07. The number of hydrogen-bond acceptors (Lipinski definition) is 4. The molecule has 4 heteroatoms. The predicted octanol–water partition coefficient (Wildman–Crippen LogP) is 5.85. The summed E-state index contributed by atoms with van der Waals surface area (Å²) in [4.78, 5) is 7.30. The number of benzene rings is 2. The van der Waals surface area contributed by atoms with Crippen molar-refractivity contribution >= 4 is 26.7 Å². The molecule has 2 heterocycles. The van der Waals surface area contributed by atoms with Crippen molar-refractivity contribution in [2.45, 2.75) is 39.5 Å². The van der Waals surface area contributed by atoms with Gasteiger partial charge in [-0.1, -0.05) is 36.5 Å². The van der Waals surface area contributed by atoms with Crippen LogP contribution in [0.2, 0.25) is 0 Å². The number of aromatic nitrogens is 1. The van der Waals surface area contributed by atoms with Crippen molar-refractivity contribution in [3.8, 4) is 5.75 Å². The van der Waals surface area contributed by atoms with Gasteiger partial charge in [-0.05, 0) is 73.9 Å².